The van der Waals surface area contributed by atoms with E-state index in [1.54, 1.807) is 0 Å². The number of aromatic nitrogens is 3. The first-order valence-corrected chi connectivity index (χ1v) is 6.43. The van der Waals surface area contributed by atoms with Crippen LogP contribution in [0.3, 0.4) is 0 Å². The van der Waals surface area contributed by atoms with Gasteiger partial charge in [-0.1, -0.05) is 12.8 Å². The van der Waals surface area contributed by atoms with Crippen molar-refractivity contribution in [1.29, 1.82) is 0 Å². The van der Waals surface area contributed by atoms with E-state index in [9.17, 15) is 9.90 Å². The Kier molecular flexibility index (Phi) is 2.61. The lowest BCUT2D eigenvalue weighted by Gasteiger charge is -2.17. The molecule has 17 heavy (non-hydrogen) atoms. The van der Waals surface area contributed by atoms with Crippen molar-refractivity contribution in [2.45, 2.75) is 56.9 Å². The molecule has 1 N–H and O–H groups in total. The Balaban J connectivity index is 1.92. The molecule has 0 spiro atoms. The third-order valence-corrected chi connectivity index (χ3v) is 3.91. The molecule has 0 saturated heterocycles. The first kappa shape index (κ1) is 10.7. The first-order chi connectivity index (χ1) is 8.25. The number of carbonyl (C=O) groups is 1. The molecule has 1 aromatic rings. The molecule has 0 bridgehead atoms. The van der Waals surface area contributed by atoms with E-state index in [4.69, 9.17) is 0 Å². The van der Waals surface area contributed by atoms with Crippen molar-refractivity contribution in [2.24, 2.45) is 0 Å². The van der Waals surface area contributed by atoms with Crippen molar-refractivity contribution in [3.8, 4) is 0 Å². The Labute approximate surface area is 99.9 Å². The van der Waals surface area contributed by atoms with Crippen LogP contribution in [0.5, 0.6) is 0 Å². The molecule has 0 amide bonds. The highest BCUT2D eigenvalue weighted by atomic mass is 16.4. The fourth-order valence-corrected chi connectivity index (χ4v) is 2.96. The van der Waals surface area contributed by atoms with Gasteiger partial charge in [0.25, 0.3) is 0 Å². The lowest BCUT2D eigenvalue weighted by atomic mass is 9.99. The third-order valence-electron chi connectivity index (χ3n) is 3.91. The van der Waals surface area contributed by atoms with Gasteiger partial charge in [-0.2, -0.15) is 5.10 Å². The van der Waals surface area contributed by atoms with Crippen LogP contribution in [0.1, 0.15) is 62.0 Å². The van der Waals surface area contributed by atoms with Gasteiger partial charge in [-0.3, -0.25) is 4.79 Å². The molecule has 0 aromatic carbocycles. The monoisotopic (exact) mass is 235 g/mol. The second kappa shape index (κ2) is 4.13. The Hall–Kier alpha value is -1.39. The normalized spacial score (nSPS) is 24.8. The first-order valence-electron chi connectivity index (χ1n) is 6.43. The second-order valence-corrected chi connectivity index (χ2v) is 5.07. The van der Waals surface area contributed by atoms with E-state index in [2.05, 4.69) is 10.1 Å². The van der Waals surface area contributed by atoms with Gasteiger partial charge in [0.1, 0.15) is 11.7 Å². The highest BCUT2D eigenvalue weighted by molar-refractivity contribution is 5.75. The summed E-state index contributed by atoms with van der Waals surface area (Å²) in [6, 6.07) is 0. The highest BCUT2D eigenvalue weighted by Gasteiger charge is 2.31. The molecule has 2 aliphatic rings. The second-order valence-electron chi connectivity index (χ2n) is 5.07. The predicted octanol–water partition coefficient (Wildman–Crippen LogP) is 1.90. The van der Waals surface area contributed by atoms with Gasteiger partial charge in [-0.05, 0) is 25.7 Å². The van der Waals surface area contributed by atoms with E-state index in [1.165, 1.54) is 12.8 Å². The number of nitrogens with zero attached hydrogens (tertiary/aromatic N) is 3. The molecular weight excluding hydrogens is 218 g/mol. The van der Waals surface area contributed by atoms with Gasteiger partial charge in [0.05, 0.1) is 0 Å². The fraction of sp³-hybridized carbons (Fsp3) is 0.750. The molecule has 92 valence electrons. The van der Waals surface area contributed by atoms with E-state index >= 15 is 0 Å². The summed E-state index contributed by atoms with van der Waals surface area (Å²) in [5, 5.41) is 13.7. The smallest absolute Gasteiger partial charge is 0.314 e. The molecule has 1 aliphatic heterocycles. The van der Waals surface area contributed by atoms with Gasteiger partial charge in [0, 0.05) is 12.5 Å². The molecular formula is C12H17N3O2. The Morgan fingerprint density at radius 1 is 1.24 bits per heavy atom. The summed E-state index contributed by atoms with van der Waals surface area (Å²) >= 11 is 0. The summed E-state index contributed by atoms with van der Waals surface area (Å²) in [7, 11) is 0. The molecule has 5 nitrogen and oxygen atoms in total. The molecule has 1 fully saturated rings. The van der Waals surface area contributed by atoms with Crippen LogP contribution in [0.15, 0.2) is 0 Å². The van der Waals surface area contributed by atoms with Gasteiger partial charge in [0.15, 0.2) is 5.82 Å². The molecule has 1 unspecified atom stereocenters. The zero-order chi connectivity index (χ0) is 11.8. The maximum absolute atomic E-state index is 11.2. The van der Waals surface area contributed by atoms with Crippen molar-refractivity contribution < 1.29 is 9.90 Å². The average Bonchev–Trinajstić information content (AvgIpc) is 2.96. The molecule has 3 rings (SSSR count). The number of hydrogen-bond donors (Lipinski definition) is 1. The number of hydrogen-bond acceptors (Lipinski definition) is 3. The number of fused-ring (bicyclic) bond motifs is 1. The van der Waals surface area contributed by atoms with Gasteiger partial charge in [-0.15, -0.1) is 0 Å². The van der Waals surface area contributed by atoms with Crippen molar-refractivity contribution in [1.82, 2.24) is 14.8 Å². The number of carboxylic acids is 1. The summed E-state index contributed by atoms with van der Waals surface area (Å²) in [6.07, 6.45) is 6.38. The number of carboxylic acid groups (broad SMARTS) is 1. The third kappa shape index (κ3) is 1.83. The predicted molar refractivity (Wildman–Crippen MR) is 60.8 cm³/mol. The quantitative estimate of drug-likeness (QED) is 0.850. The highest BCUT2D eigenvalue weighted by Crippen LogP contribution is 2.34. The largest absolute Gasteiger partial charge is 0.481 e. The molecule has 1 atom stereocenters. The molecule has 1 aliphatic carbocycles. The summed E-state index contributed by atoms with van der Waals surface area (Å²) in [6.45, 7) is 0.818. The standard InChI is InChI=1S/C12H17N3O2/c16-12(17)9-6-3-7-15-11(9)13-10(14-15)8-4-1-2-5-8/h8-9H,1-7H2,(H,16,17). The molecule has 5 heteroatoms. The van der Waals surface area contributed by atoms with Crippen LogP contribution in [-0.4, -0.2) is 25.8 Å². The van der Waals surface area contributed by atoms with Crippen molar-refractivity contribution in [3.63, 3.8) is 0 Å². The Morgan fingerprint density at radius 3 is 2.71 bits per heavy atom. The maximum Gasteiger partial charge on any atom is 0.314 e. The van der Waals surface area contributed by atoms with Crippen LogP contribution in [0.2, 0.25) is 0 Å². The van der Waals surface area contributed by atoms with E-state index in [0.717, 1.165) is 31.6 Å². The lowest BCUT2D eigenvalue weighted by Crippen LogP contribution is -2.22. The molecule has 1 aromatic heterocycles. The van der Waals surface area contributed by atoms with Crippen molar-refractivity contribution in [3.05, 3.63) is 11.6 Å². The van der Waals surface area contributed by atoms with Crippen molar-refractivity contribution >= 4 is 5.97 Å². The summed E-state index contributed by atoms with van der Waals surface area (Å²) < 4.78 is 1.82. The molecule has 1 saturated carbocycles. The van der Waals surface area contributed by atoms with E-state index in [-0.39, 0.29) is 0 Å². The van der Waals surface area contributed by atoms with E-state index in [0.29, 0.717) is 18.2 Å². The Morgan fingerprint density at radius 2 is 2.00 bits per heavy atom. The van der Waals surface area contributed by atoms with Crippen LogP contribution in [0, 0.1) is 0 Å². The van der Waals surface area contributed by atoms with Gasteiger partial charge >= 0.3 is 5.97 Å². The number of aryl methyl sites for hydroxylation is 1. The summed E-state index contributed by atoms with van der Waals surface area (Å²) in [5.74, 6) is 0.793. The van der Waals surface area contributed by atoms with E-state index in [1.807, 2.05) is 4.68 Å². The minimum atomic E-state index is -0.767. The lowest BCUT2D eigenvalue weighted by molar-refractivity contribution is -0.139. The number of aliphatic carboxylic acids is 1. The van der Waals surface area contributed by atoms with Crippen LogP contribution in [-0.2, 0) is 11.3 Å². The van der Waals surface area contributed by atoms with Crippen molar-refractivity contribution in [2.75, 3.05) is 0 Å². The van der Waals surface area contributed by atoms with E-state index < -0.39 is 11.9 Å². The minimum Gasteiger partial charge on any atom is -0.481 e. The van der Waals surface area contributed by atoms with Crippen LogP contribution in [0.4, 0.5) is 0 Å². The van der Waals surface area contributed by atoms with Crippen LogP contribution in [0.25, 0.3) is 0 Å². The number of rotatable bonds is 2. The molecule has 2 heterocycles. The summed E-state index contributed by atoms with van der Waals surface area (Å²) in [5.41, 5.74) is 0. The molecule has 0 radical (unpaired) electrons. The topological polar surface area (TPSA) is 68.0 Å². The zero-order valence-corrected chi connectivity index (χ0v) is 9.80. The van der Waals surface area contributed by atoms with Crippen LogP contribution < -0.4 is 0 Å². The minimum absolute atomic E-state index is 0.452. The van der Waals surface area contributed by atoms with Gasteiger partial charge in [0.2, 0.25) is 0 Å². The average molecular weight is 235 g/mol. The van der Waals surface area contributed by atoms with Gasteiger partial charge < -0.3 is 5.11 Å². The summed E-state index contributed by atoms with van der Waals surface area (Å²) in [4.78, 5) is 15.7. The maximum atomic E-state index is 11.2. The fourth-order valence-electron chi connectivity index (χ4n) is 2.96. The van der Waals surface area contributed by atoms with Gasteiger partial charge in [-0.25, -0.2) is 9.67 Å². The Bertz CT molecular complexity index is 435. The SMILES string of the molecule is O=C(O)C1CCCn2nc(C3CCCC3)nc21. The zero-order valence-electron chi connectivity index (χ0n) is 9.80. The van der Waals surface area contributed by atoms with Crippen LogP contribution >= 0.6 is 0 Å².